The summed E-state index contributed by atoms with van der Waals surface area (Å²) in [4.78, 5) is 7.29. The molecule has 1 aromatic heterocycles. The summed E-state index contributed by atoms with van der Waals surface area (Å²) in [6, 6.07) is 0. The molecular weight excluding hydrogens is 329 g/mol. The maximum Gasteiger partial charge on any atom is 0.434 e. The van der Waals surface area contributed by atoms with Gasteiger partial charge in [-0.1, -0.05) is 0 Å². The Balaban J connectivity index is 2.47. The van der Waals surface area contributed by atoms with E-state index in [0.29, 0.717) is 5.96 Å². The maximum absolute atomic E-state index is 12.4. The number of nitrogens with one attached hydrogen (secondary N) is 2. The number of nitrogens with zero attached hydrogens (tertiary/aromatic N) is 2. The molecule has 0 aliphatic heterocycles. The van der Waals surface area contributed by atoms with Crippen molar-refractivity contribution < 1.29 is 21.6 Å². The molecule has 0 spiro atoms. The molecule has 1 aromatic rings. The molecule has 0 aliphatic rings. The third kappa shape index (κ3) is 6.76. The van der Waals surface area contributed by atoms with Crippen LogP contribution >= 0.6 is 11.3 Å². The minimum absolute atomic E-state index is 0.0663. The van der Waals surface area contributed by atoms with E-state index in [1.165, 1.54) is 7.05 Å². The van der Waals surface area contributed by atoms with Crippen LogP contribution in [0.3, 0.4) is 0 Å². The Morgan fingerprint density at radius 3 is 2.57 bits per heavy atom. The zero-order chi connectivity index (χ0) is 16.1. The second-order valence-corrected chi connectivity index (χ2v) is 7.31. The number of alkyl halides is 3. The van der Waals surface area contributed by atoms with Gasteiger partial charge >= 0.3 is 6.18 Å². The van der Waals surface area contributed by atoms with Gasteiger partial charge in [-0.2, -0.15) is 13.2 Å². The minimum Gasteiger partial charge on any atom is -0.355 e. The van der Waals surface area contributed by atoms with Crippen molar-refractivity contribution in [2.75, 3.05) is 25.6 Å². The molecule has 0 aromatic carbocycles. The van der Waals surface area contributed by atoms with Gasteiger partial charge in [-0.3, -0.25) is 4.99 Å². The van der Waals surface area contributed by atoms with Gasteiger partial charge in [0, 0.05) is 25.2 Å². The van der Waals surface area contributed by atoms with Crippen molar-refractivity contribution in [1.82, 2.24) is 15.6 Å². The lowest BCUT2D eigenvalue weighted by Crippen LogP contribution is -2.39. The minimum atomic E-state index is -4.45. The largest absolute Gasteiger partial charge is 0.434 e. The van der Waals surface area contributed by atoms with E-state index in [9.17, 15) is 21.6 Å². The Morgan fingerprint density at radius 2 is 2.10 bits per heavy atom. The van der Waals surface area contributed by atoms with Gasteiger partial charge in [0.25, 0.3) is 0 Å². The average molecular weight is 344 g/mol. The van der Waals surface area contributed by atoms with E-state index < -0.39 is 21.7 Å². The fourth-order valence-corrected chi connectivity index (χ4v) is 2.47. The lowest BCUT2D eigenvalue weighted by atomic mass is 10.5. The monoisotopic (exact) mass is 344 g/mol. The summed E-state index contributed by atoms with van der Waals surface area (Å²) in [5, 5.41) is 6.71. The highest BCUT2D eigenvalue weighted by atomic mass is 32.2. The second-order valence-electron chi connectivity index (χ2n) is 4.11. The van der Waals surface area contributed by atoms with Gasteiger partial charge in [0.2, 0.25) is 0 Å². The highest BCUT2D eigenvalue weighted by Crippen LogP contribution is 2.29. The Labute approximate surface area is 124 Å². The van der Waals surface area contributed by atoms with Crippen LogP contribution in [-0.4, -0.2) is 45.0 Å². The van der Waals surface area contributed by atoms with Gasteiger partial charge in [-0.05, 0) is 0 Å². The van der Waals surface area contributed by atoms with Crippen molar-refractivity contribution in [3.63, 3.8) is 0 Å². The Hall–Kier alpha value is -1.36. The van der Waals surface area contributed by atoms with Crippen molar-refractivity contribution in [3.8, 4) is 0 Å². The summed E-state index contributed by atoms with van der Waals surface area (Å²) in [6.45, 7) is 0.226. The first-order chi connectivity index (χ1) is 9.62. The summed E-state index contributed by atoms with van der Waals surface area (Å²) in [5.74, 6) is 0.228. The molecule has 21 heavy (non-hydrogen) atoms. The van der Waals surface area contributed by atoms with E-state index in [1.807, 2.05) is 0 Å². The normalized spacial score (nSPS) is 13.3. The fraction of sp³-hybridized carbons (Fsp3) is 0.600. The molecule has 0 bridgehead atoms. The van der Waals surface area contributed by atoms with Gasteiger partial charge in [-0.25, -0.2) is 13.4 Å². The third-order valence-corrected chi connectivity index (χ3v) is 4.03. The number of halogens is 3. The number of thiazole rings is 1. The lowest BCUT2D eigenvalue weighted by molar-refractivity contribution is -0.140. The molecule has 2 N–H and O–H groups in total. The molecule has 120 valence electrons. The summed E-state index contributed by atoms with van der Waals surface area (Å²) >= 11 is 0.885. The van der Waals surface area contributed by atoms with Crippen molar-refractivity contribution in [2.24, 2.45) is 4.99 Å². The van der Waals surface area contributed by atoms with Crippen molar-refractivity contribution in [3.05, 3.63) is 16.1 Å². The molecule has 11 heteroatoms. The maximum atomic E-state index is 12.4. The molecular formula is C10H15F3N4O2S2. The molecule has 0 radical (unpaired) electrons. The van der Waals surface area contributed by atoms with Crippen LogP contribution in [0.25, 0.3) is 0 Å². The molecule has 0 amide bonds. The van der Waals surface area contributed by atoms with Gasteiger partial charge in [0.1, 0.15) is 14.8 Å². The summed E-state index contributed by atoms with van der Waals surface area (Å²) in [6.07, 6.45) is -3.34. The van der Waals surface area contributed by atoms with Crippen molar-refractivity contribution >= 4 is 27.1 Å². The smallest absolute Gasteiger partial charge is 0.355 e. The number of rotatable bonds is 5. The number of aromatic nitrogens is 1. The van der Waals surface area contributed by atoms with Crippen molar-refractivity contribution in [2.45, 2.75) is 12.7 Å². The summed E-state index contributed by atoms with van der Waals surface area (Å²) < 4.78 is 59.1. The molecule has 0 atom stereocenters. The van der Waals surface area contributed by atoms with Crippen LogP contribution in [0.1, 0.15) is 10.7 Å². The first kappa shape index (κ1) is 17.7. The van der Waals surface area contributed by atoms with Crippen LogP contribution in [0.5, 0.6) is 0 Å². The van der Waals surface area contributed by atoms with Crippen molar-refractivity contribution in [1.29, 1.82) is 0 Å². The van der Waals surface area contributed by atoms with E-state index in [1.54, 1.807) is 0 Å². The topological polar surface area (TPSA) is 83.5 Å². The van der Waals surface area contributed by atoms with Crippen LogP contribution in [-0.2, 0) is 22.6 Å². The molecule has 6 nitrogen and oxygen atoms in total. The quantitative estimate of drug-likeness (QED) is 0.612. The second kappa shape index (κ2) is 7.07. The van der Waals surface area contributed by atoms with Crippen LogP contribution in [0, 0.1) is 0 Å². The Bertz CT molecular complexity index is 596. The molecule has 1 rings (SSSR count). The van der Waals surface area contributed by atoms with E-state index >= 15 is 0 Å². The van der Waals surface area contributed by atoms with Crippen LogP contribution < -0.4 is 10.6 Å². The molecule has 0 saturated carbocycles. The first-order valence-corrected chi connectivity index (χ1v) is 8.69. The molecule has 0 fully saturated rings. The fourth-order valence-electron chi connectivity index (χ4n) is 1.26. The predicted molar refractivity (Wildman–Crippen MR) is 75.0 cm³/mol. The van der Waals surface area contributed by atoms with Gasteiger partial charge < -0.3 is 10.6 Å². The zero-order valence-corrected chi connectivity index (χ0v) is 13.0. The zero-order valence-electron chi connectivity index (χ0n) is 11.4. The lowest BCUT2D eigenvalue weighted by Gasteiger charge is -2.10. The van der Waals surface area contributed by atoms with E-state index in [4.69, 9.17) is 0 Å². The van der Waals surface area contributed by atoms with E-state index in [2.05, 4.69) is 20.6 Å². The first-order valence-electron chi connectivity index (χ1n) is 5.75. The standard InChI is InChI=1S/C10H15F3N4O2S2/c1-14-9(15-3-4-21(2,18)19)16-5-8-17-7(6-20-8)10(11,12)13/h6H,3-5H2,1-2H3,(H2,14,15,16). The third-order valence-electron chi connectivity index (χ3n) is 2.24. The number of hydrogen-bond acceptors (Lipinski definition) is 5. The van der Waals surface area contributed by atoms with Gasteiger partial charge in [0.05, 0.1) is 12.3 Å². The van der Waals surface area contributed by atoms with Crippen LogP contribution in [0.2, 0.25) is 0 Å². The number of hydrogen-bond donors (Lipinski definition) is 2. The number of guanidine groups is 1. The molecule has 1 heterocycles. The average Bonchev–Trinajstić information content (AvgIpc) is 2.80. The van der Waals surface area contributed by atoms with Gasteiger partial charge in [-0.15, -0.1) is 11.3 Å². The highest BCUT2D eigenvalue weighted by molar-refractivity contribution is 7.90. The van der Waals surface area contributed by atoms with Gasteiger partial charge in [0.15, 0.2) is 11.7 Å². The van der Waals surface area contributed by atoms with Crippen LogP contribution in [0.15, 0.2) is 10.4 Å². The van der Waals surface area contributed by atoms with E-state index in [0.717, 1.165) is 23.0 Å². The number of aliphatic imine (C=N–C) groups is 1. The SMILES string of the molecule is CN=C(NCCS(C)(=O)=O)NCc1nc(C(F)(F)F)cs1. The molecule has 0 unspecified atom stereocenters. The Morgan fingerprint density at radius 1 is 1.43 bits per heavy atom. The summed E-state index contributed by atoms with van der Waals surface area (Å²) in [7, 11) is -1.62. The molecule has 0 saturated heterocycles. The predicted octanol–water partition coefficient (Wildman–Crippen LogP) is 0.871. The summed E-state index contributed by atoms with van der Waals surface area (Å²) in [5.41, 5.74) is -0.927. The highest BCUT2D eigenvalue weighted by Gasteiger charge is 2.33. The van der Waals surface area contributed by atoms with Crippen LogP contribution in [0.4, 0.5) is 13.2 Å². The number of sulfone groups is 1. The Kier molecular flexibility index (Phi) is 5.96. The molecule has 0 aliphatic carbocycles. The van der Waals surface area contributed by atoms with E-state index in [-0.39, 0.29) is 23.8 Å².